The molecule has 0 saturated heterocycles. The molecule has 0 aliphatic heterocycles. The molecule has 86 valence electrons. The average Bonchev–Trinajstić information content (AvgIpc) is 2.16. The zero-order valence-electron chi connectivity index (χ0n) is 9.15. The van der Waals surface area contributed by atoms with Crippen LogP contribution in [0.5, 0.6) is 0 Å². The lowest BCUT2D eigenvalue weighted by molar-refractivity contribution is -0.137. The smallest absolute Gasteiger partial charge is 0.433 e. The van der Waals surface area contributed by atoms with Crippen molar-refractivity contribution in [2.75, 3.05) is 6.61 Å². The summed E-state index contributed by atoms with van der Waals surface area (Å²) in [7, 11) is 0. The highest BCUT2D eigenvalue weighted by molar-refractivity contribution is 5.93. The molecular weight excluding hydrogens is 198 g/mol. The van der Waals surface area contributed by atoms with E-state index in [1.807, 2.05) is 6.92 Å². The molecule has 0 unspecified atom stereocenters. The fourth-order valence-electron chi connectivity index (χ4n) is 1.04. The minimum atomic E-state index is -0.832. The van der Waals surface area contributed by atoms with Crippen molar-refractivity contribution < 1.29 is 19.4 Å². The van der Waals surface area contributed by atoms with E-state index in [9.17, 15) is 9.59 Å². The van der Waals surface area contributed by atoms with Crippen molar-refractivity contribution in [1.29, 1.82) is 0 Å². The van der Waals surface area contributed by atoms with Crippen molar-refractivity contribution in [3.63, 3.8) is 0 Å². The minimum absolute atomic E-state index is 0.0991. The second-order valence-electron chi connectivity index (χ2n) is 2.98. The van der Waals surface area contributed by atoms with Crippen LogP contribution in [0.4, 0.5) is 4.79 Å². The molecule has 0 saturated carbocycles. The van der Waals surface area contributed by atoms with Gasteiger partial charge in [-0.15, -0.1) is 0 Å². The van der Waals surface area contributed by atoms with E-state index in [1.165, 1.54) is 0 Å². The van der Waals surface area contributed by atoms with Crippen molar-refractivity contribution in [1.82, 2.24) is 0 Å². The lowest BCUT2D eigenvalue weighted by Crippen LogP contribution is -2.05. The van der Waals surface area contributed by atoms with Gasteiger partial charge in [0.05, 0.1) is 6.61 Å². The average molecular weight is 215 g/mol. The van der Waals surface area contributed by atoms with Crippen LogP contribution in [0, 0.1) is 0 Å². The molecule has 5 nitrogen and oxygen atoms in total. The first-order valence-corrected chi connectivity index (χ1v) is 5.05. The fraction of sp³-hybridized carbons (Fsp3) is 0.700. The van der Waals surface area contributed by atoms with E-state index in [4.69, 9.17) is 5.11 Å². The number of nitrogens with zero attached hydrogens (tertiary/aromatic N) is 1. The number of carbonyl (C=O) groups is 2. The van der Waals surface area contributed by atoms with Gasteiger partial charge in [-0.3, -0.25) is 4.79 Å². The molecule has 0 aliphatic carbocycles. The van der Waals surface area contributed by atoms with Gasteiger partial charge in [-0.25, -0.2) is 4.79 Å². The van der Waals surface area contributed by atoms with Gasteiger partial charge in [0.1, 0.15) is 0 Å². The Morgan fingerprint density at radius 3 is 2.40 bits per heavy atom. The highest BCUT2D eigenvalue weighted by Gasteiger charge is 2.04. The summed E-state index contributed by atoms with van der Waals surface area (Å²) in [6.45, 7) is 3.89. The van der Waals surface area contributed by atoms with Crippen molar-refractivity contribution in [3.05, 3.63) is 0 Å². The Morgan fingerprint density at radius 2 is 1.93 bits per heavy atom. The van der Waals surface area contributed by atoms with Crippen molar-refractivity contribution in [2.45, 2.75) is 39.5 Å². The minimum Gasteiger partial charge on any atom is -0.481 e. The number of hydrogen-bond donors (Lipinski definition) is 1. The van der Waals surface area contributed by atoms with Crippen LogP contribution in [0.1, 0.15) is 39.5 Å². The van der Waals surface area contributed by atoms with Crippen LogP contribution in [0.3, 0.4) is 0 Å². The molecule has 0 bridgehead atoms. The normalized spacial score (nSPS) is 11.2. The summed E-state index contributed by atoms with van der Waals surface area (Å²) in [5, 5.41) is 8.43. The molecule has 0 radical (unpaired) electrons. The molecule has 1 amide bonds. The van der Waals surface area contributed by atoms with Gasteiger partial charge in [0, 0.05) is 12.1 Å². The first kappa shape index (κ1) is 13.6. The maximum absolute atomic E-state index is 11.0. The summed E-state index contributed by atoms with van der Waals surface area (Å²) in [6.07, 6.45) is 1.17. The number of rotatable bonds is 6. The Kier molecular flexibility index (Phi) is 7.23. The van der Waals surface area contributed by atoms with Crippen LogP contribution in [0.15, 0.2) is 4.99 Å². The molecule has 0 fully saturated rings. The summed E-state index contributed by atoms with van der Waals surface area (Å²) in [6, 6.07) is 0. The molecule has 0 heterocycles. The SMILES string of the molecule is CCOC(=O)N=C(CC)CCCC(=O)O. The van der Waals surface area contributed by atoms with E-state index in [1.54, 1.807) is 6.92 Å². The lowest BCUT2D eigenvalue weighted by atomic mass is 10.1. The zero-order valence-corrected chi connectivity index (χ0v) is 9.15. The van der Waals surface area contributed by atoms with Gasteiger partial charge in [-0.2, -0.15) is 4.99 Å². The number of ether oxygens (including phenoxy) is 1. The molecule has 0 spiro atoms. The third-order valence-corrected chi connectivity index (χ3v) is 1.78. The fourth-order valence-corrected chi connectivity index (χ4v) is 1.04. The van der Waals surface area contributed by atoms with Gasteiger partial charge in [-0.05, 0) is 26.2 Å². The number of carboxylic acids is 1. The maximum atomic E-state index is 11.0. The van der Waals surface area contributed by atoms with Crippen LogP contribution in [0.25, 0.3) is 0 Å². The number of aliphatic imine (C=N–C) groups is 1. The number of aliphatic carboxylic acids is 1. The third-order valence-electron chi connectivity index (χ3n) is 1.78. The van der Waals surface area contributed by atoms with Gasteiger partial charge in [0.15, 0.2) is 0 Å². The Morgan fingerprint density at radius 1 is 1.27 bits per heavy atom. The van der Waals surface area contributed by atoms with Gasteiger partial charge in [0.25, 0.3) is 0 Å². The maximum Gasteiger partial charge on any atom is 0.433 e. The van der Waals surface area contributed by atoms with Crippen LogP contribution >= 0.6 is 0 Å². The monoisotopic (exact) mass is 215 g/mol. The summed E-state index contributed by atoms with van der Waals surface area (Å²) in [5.74, 6) is -0.832. The van der Waals surface area contributed by atoms with E-state index in [2.05, 4.69) is 9.73 Å². The second-order valence-corrected chi connectivity index (χ2v) is 2.98. The van der Waals surface area contributed by atoms with Gasteiger partial charge >= 0.3 is 12.1 Å². The number of carboxylic acid groups (broad SMARTS) is 1. The van der Waals surface area contributed by atoms with E-state index < -0.39 is 12.1 Å². The summed E-state index contributed by atoms with van der Waals surface area (Å²) < 4.78 is 4.66. The van der Waals surface area contributed by atoms with Crippen molar-refractivity contribution in [3.8, 4) is 0 Å². The molecular formula is C10H17NO4. The summed E-state index contributed by atoms with van der Waals surface area (Å²) in [4.78, 5) is 25.0. The van der Waals surface area contributed by atoms with Crippen molar-refractivity contribution >= 4 is 17.8 Å². The van der Waals surface area contributed by atoms with Gasteiger partial charge in [-0.1, -0.05) is 6.92 Å². The van der Waals surface area contributed by atoms with Crippen LogP contribution in [0.2, 0.25) is 0 Å². The molecule has 5 heteroatoms. The topological polar surface area (TPSA) is 76.0 Å². The second kappa shape index (κ2) is 7.96. The quantitative estimate of drug-likeness (QED) is 0.689. The van der Waals surface area contributed by atoms with Crippen LogP contribution in [-0.2, 0) is 9.53 Å². The zero-order chi connectivity index (χ0) is 11.7. The number of hydrogen-bond acceptors (Lipinski definition) is 3. The predicted molar refractivity (Wildman–Crippen MR) is 56.2 cm³/mol. The third kappa shape index (κ3) is 7.66. The van der Waals surface area contributed by atoms with E-state index in [0.29, 0.717) is 31.6 Å². The first-order chi connectivity index (χ1) is 7.10. The molecule has 0 aromatic carbocycles. The highest BCUT2D eigenvalue weighted by atomic mass is 16.5. The Bertz CT molecular complexity index is 248. The summed E-state index contributed by atoms with van der Waals surface area (Å²) >= 11 is 0. The molecule has 15 heavy (non-hydrogen) atoms. The lowest BCUT2D eigenvalue weighted by Gasteiger charge is -2.02. The Balaban J connectivity index is 4.00. The first-order valence-electron chi connectivity index (χ1n) is 5.05. The largest absolute Gasteiger partial charge is 0.481 e. The highest BCUT2D eigenvalue weighted by Crippen LogP contribution is 2.02. The molecule has 1 N–H and O–H groups in total. The molecule has 0 aliphatic rings. The van der Waals surface area contributed by atoms with Gasteiger partial charge in [0.2, 0.25) is 0 Å². The van der Waals surface area contributed by atoms with E-state index in [0.717, 1.165) is 0 Å². The van der Waals surface area contributed by atoms with Crippen LogP contribution < -0.4 is 0 Å². The standard InChI is InChI=1S/C10H17NO4/c1-3-8(6-5-7-9(12)13)11-10(14)15-4-2/h3-7H2,1-2H3,(H,12,13). The Labute approximate surface area is 89.1 Å². The Hall–Kier alpha value is -1.39. The predicted octanol–water partition coefficient (Wildman–Crippen LogP) is 2.25. The number of carbonyl (C=O) groups excluding carboxylic acids is 1. The molecule has 0 aromatic rings. The van der Waals surface area contributed by atoms with E-state index in [-0.39, 0.29) is 6.42 Å². The molecule has 0 rings (SSSR count). The molecule has 0 aromatic heterocycles. The summed E-state index contributed by atoms with van der Waals surface area (Å²) in [5.41, 5.74) is 0.690. The molecule has 0 atom stereocenters. The van der Waals surface area contributed by atoms with Gasteiger partial charge < -0.3 is 9.84 Å². The van der Waals surface area contributed by atoms with Crippen molar-refractivity contribution in [2.24, 2.45) is 4.99 Å². The number of amides is 1. The van der Waals surface area contributed by atoms with E-state index >= 15 is 0 Å². The van der Waals surface area contributed by atoms with Crippen LogP contribution in [-0.4, -0.2) is 29.5 Å².